The van der Waals surface area contributed by atoms with E-state index in [0.29, 0.717) is 17.8 Å². The molecule has 0 aromatic carbocycles. The van der Waals surface area contributed by atoms with Crippen molar-refractivity contribution >= 4 is 5.82 Å². The van der Waals surface area contributed by atoms with Crippen molar-refractivity contribution in [1.82, 2.24) is 15.3 Å². The van der Waals surface area contributed by atoms with Crippen LogP contribution in [-0.2, 0) is 0 Å². The van der Waals surface area contributed by atoms with Gasteiger partial charge in [-0.3, -0.25) is 4.79 Å². The van der Waals surface area contributed by atoms with Crippen molar-refractivity contribution < 1.29 is 0 Å². The normalized spacial score (nSPS) is 15.2. The fraction of sp³-hybridized carbons (Fsp3) is 0.667. The Kier molecular flexibility index (Phi) is 3.78. The molecule has 5 heteroatoms. The number of H-pyrrole nitrogens is 1. The second-order valence-electron chi connectivity index (χ2n) is 4.83. The second-order valence-corrected chi connectivity index (χ2v) is 4.83. The van der Waals surface area contributed by atoms with Crippen LogP contribution in [0.2, 0.25) is 0 Å². The fourth-order valence-corrected chi connectivity index (χ4v) is 1.67. The molecule has 0 atom stereocenters. The summed E-state index contributed by atoms with van der Waals surface area (Å²) in [6, 6.07) is 1.99. The molecule has 0 radical (unpaired) electrons. The Balaban J connectivity index is 1.89. The zero-order valence-electron chi connectivity index (χ0n) is 10.4. The molecule has 5 nitrogen and oxygen atoms in total. The number of aromatic amines is 1. The first-order chi connectivity index (χ1) is 8.15. The molecule has 0 bridgehead atoms. The van der Waals surface area contributed by atoms with Gasteiger partial charge in [-0.15, -0.1) is 0 Å². The molecule has 1 heterocycles. The molecule has 17 heavy (non-hydrogen) atoms. The average Bonchev–Trinajstić information content (AvgIpc) is 3.07. The maximum absolute atomic E-state index is 11.4. The van der Waals surface area contributed by atoms with Crippen molar-refractivity contribution in [3.63, 3.8) is 0 Å². The molecule has 0 amide bonds. The largest absolute Gasteiger partial charge is 0.369 e. The quantitative estimate of drug-likeness (QED) is 0.646. The van der Waals surface area contributed by atoms with Crippen LogP contribution >= 0.6 is 0 Å². The summed E-state index contributed by atoms with van der Waals surface area (Å²) in [5.41, 5.74) is -0.0683. The molecular formula is C12H20N4O. The van der Waals surface area contributed by atoms with E-state index < -0.39 is 0 Å². The number of nitrogens with one attached hydrogen (secondary N) is 3. The Labute approximate surface area is 101 Å². The third kappa shape index (κ3) is 3.85. The van der Waals surface area contributed by atoms with Crippen LogP contribution in [0.3, 0.4) is 0 Å². The molecule has 1 saturated carbocycles. The van der Waals surface area contributed by atoms with Crippen molar-refractivity contribution in [1.29, 1.82) is 0 Å². The lowest BCUT2D eigenvalue weighted by Gasteiger charge is -2.09. The SMILES string of the molecule is CC(C)NCCNc1cc(=O)[nH]c(C2CC2)n1. The number of anilines is 1. The first kappa shape index (κ1) is 12.1. The first-order valence-corrected chi connectivity index (χ1v) is 6.23. The lowest BCUT2D eigenvalue weighted by atomic mass is 10.4. The van der Waals surface area contributed by atoms with Crippen LogP contribution in [0.15, 0.2) is 10.9 Å². The number of nitrogens with zero attached hydrogens (tertiary/aromatic N) is 1. The molecule has 1 aliphatic rings. The van der Waals surface area contributed by atoms with Crippen molar-refractivity contribution in [2.45, 2.75) is 38.6 Å². The Hall–Kier alpha value is -1.36. The van der Waals surface area contributed by atoms with Crippen molar-refractivity contribution in [2.24, 2.45) is 0 Å². The van der Waals surface area contributed by atoms with E-state index in [1.807, 2.05) is 0 Å². The van der Waals surface area contributed by atoms with Gasteiger partial charge in [-0.05, 0) is 12.8 Å². The first-order valence-electron chi connectivity index (χ1n) is 6.23. The van der Waals surface area contributed by atoms with Gasteiger partial charge in [0, 0.05) is 31.1 Å². The average molecular weight is 236 g/mol. The predicted molar refractivity (Wildman–Crippen MR) is 68.5 cm³/mol. The van der Waals surface area contributed by atoms with Crippen LogP contribution in [-0.4, -0.2) is 29.1 Å². The van der Waals surface area contributed by atoms with Crippen molar-refractivity contribution in [3.05, 3.63) is 22.2 Å². The molecular weight excluding hydrogens is 216 g/mol. The second kappa shape index (κ2) is 5.31. The highest BCUT2D eigenvalue weighted by atomic mass is 16.1. The summed E-state index contributed by atoms with van der Waals surface area (Å²) in [6.07, 6.45) is 2.28. The van der Waals surface area contributed by atoms with Gasteiger partial charge in [-0.1, -0.05) is 13.8 Å². The molecule has 1 aliphatic carbocycles. The van der Waals surface area contributed by atoms with Gasteiger partial charge in [0.15, 0.2) is 0 Å². The minimum absolute atomic E-state index is 0.0683. The summed E-state index contributed by atoms with van der Waals surface area (Å²) < 4.78 is 0. The zero-order valence-corrected chi connectivity index (χ0v) is 10.4. The molecule has 1 aromatic heterocycles. The van der Waals surface area contributed by atoms with E-state index in [9.17, 15) is 4.79 Å². The summed E-state index contributed by atoms with van der Waals surface area (Å²) in [5.74, 6) is 1.98. The van der Waals surface area contributed by atoms with E-state index in [2.05, 4.69) is 34.4 Å². The molecule has 0 spiro atoms. The minimum atomic E-state index is -0.0683. The minimum Gasteiger partial charge on any atom is -0.369 e. The summed E-state index contributed by atoms with van der Waals surface area (Å²) >= 11 is 0. The lowest BCUT2D eigenvalue weighted by molar-refractivity contribution is 0.602. The lowest BCUT2D eigenvalue weighted by Crippen LogP contribution is -2.28. The van der Waals surface area contributed by atoms with E-state index in [1.165, 1.54) is 6.07 Å². The highest BCUT2D eigenvalue weighted by Crippen LogP contribution is 2.37. The number of hydrogen-bond donors (Lipinski definition) is 3. The molecule has 0 unspecified atom stereocenters. The smallest absolute Gasteiger partial charge is 0.252 e. The van der Waals surface area contributed by atoms with Crippen molar-refractivity contribution in [2.75, 3.05) is 18.4 Å². The van der Waals surface area contributed by atoms with Gasteiger partial charge in [0.05, 0.1) is 0 Å². The van der Waals surface area contributed by atoms with E-state index in [0.717, 1.165) is 31.8 Å². The van der Waals surface area contributed by atoms with Gasteiger partial charge in [-0.2, -0.15) is 0 Å². The van der Waals surface area contributed by atoms with Gasteiger partial charge in [-0.25, -0.2) is 4.98 Å². The van der Waals surface area contributed by atoms with Crippen molar-refractivity contribution in [3.8, 4) is 0 Å². The van der Waals surface area contributed by atoms with Gasteiger partial charge in [0.2, 0.25) is 0 Å². The summed E-state index contributed by atoms with van der Waals surface area (Å²) in [5, 5.41) is 6.47. The zero-order chi connectivity index (χ0) is 12.3. The summed E-state index contributed by atoms with van der Waals surface area (Å²) in [7, 11) is 0. The van der Waals surface area contributed by atoms with E-state index in [4.69, 9.17) is 0 Å². The summed E-state index contributed by atoms with van der Waals surface area (Å²) in [6.45, 7) is 5.86. The van der Waals surface area contributed by atoms with Gasteiger partial charge in [0.25, 0.3) is 5.56 Å². The Bertz CT molecular complexity index is 423. The third-order valence-electron chi connectivity index (χ3n) is 2.71. The number of aromatic nitrogens is 2. The Morgan fingerprint density at radius 1 is 1.47 bits per heavy atom. The van der Waals surface area contributed by atoms with Crippen LogP contribution in [0.25, 0.3) is 0 Å². The highest BCUT2D eigenvalue weighted by molar-refractivity contribution is 5.33. The fourth-order valence-electron chi connectivity index (χ4n) is 1.67. The number of hydrogen-bond acceptors (Lipinski definition) is 4. The summed E-state index contributed by atoms with van der Waals surface area (Å²) in [4.78, 5) is 18.6. The molecule has 0 saturated heterocycles. The maximum Gasteiger partial charge on any atom is 0.252 e. The van der Waals surface area contributed by atoms with Crippen LogP contribution in [0, 0.1) is 0 Å². The molecule has 94 valence electrons. The predicted octanol–water partition coefficient (Wildman–Crippen LogP) is 1.06. The maximum atomic E-state index is 11.4. The third-order valence-corrected chi connectivity index (χ3v) is 2.71. The van der Waals surface area contributed by atoms with Crippen LogP contribution in [0.4, 0.5) is 5.82 Å². The monoisotopic (exact) mass is 236 g/mol. The molecule has 1 fully saturated rings. The molecule has 2 rings (SSSR count). The molecule has 3 N–H and O–H groups in total. The van der Waals surface area contributed by atoms with E-state index in [1.54, 1.807) is 0 Å². The van der Waals surface area contributed by atoms with E-state index >= 15 is 0 Å². The van der Waals surface area contributed by atoms with Gasteiger partial charge in [0.1, 0.15) is 11.6 Å². The van der Waals surface area contributed by atoms with Gasteiger partial charge < -0.3 is 15.6 Å². The van der Waals surface area contributed by atoms with E-state index in [-0.39, 0.29) is 5.56 Å². The topological polar surface area (TPSA) is 69.8 Å². The van der Waals surface area contributed by atoms with Crippen LogP contribution < -0.4 is 16.2 Å². The number of rotatable bonds is 6. The molecule has 0 aliphatic heterocycles. The standard InChI is InChI=1S/C12H20N4O/c1-8(2)13-5-6-14-10-7-11(17)16-12(15-10)9-3-4-9/h7-9,13H,3-6H2,1-2H3,(H2,14,15,16,17). The molecule has 1 aromatic rings. The van der Waals surface area contributed by atoms with Crippen LogP contribution in [0.1, 0.15) is 38.4 Å². The Morgan fingerprint density at radius 2 is 2.24 bits per heavy atom. The van der Waals surface area contributed by atoms with Crippen LogP contribution in [0.5, 0.6) is 0 Å². The van der Waals surface area contributed by atoms with Gasteiger partial charge >= 0.3 is 0 Å². The highest BCUT2D eigenvalue weighted by Gasteiger charge is 2.26. The Morgan fingerprint density at radius 3 is 2.88 bits per heavy atom.